The predicted molar refractivity (Wildman–Crippen MR) is 94.1 cm³/mol. The molecule has 0 unspecified atom stereocenters. The van der Waals surface area contributed by atoms with Crippen LogP contribution in [0, 0.1) is 11.8 Å². The number of rotatable bonds is 4. The molecular weight excluding hydrogens is 324 g/mol. The Kier molecular flexibility index (Phi) is 4.10. The van der Waals surface area contributed by atoms with Gasteiger partial charge in [-0.15, -0.1) is 0 Å². The Morgan fingerprint density at radius 3 is 2.83 bits per heavy atom. The molecule has 3 heterocycles. The molecule has 1 aromatic rings. The number of hydrogen-bond donors (Lipinski definition) is 0. The van der Waals surface area contributed by atoms with Crippen molar-refractivity contribution in [3.63, 3.8) is 0 Å². The molecule has 4 rings (SSSR count). The van der Waals surface area contributed by atoms with Gasteiger partial charge in [-0.1, -0.05) is 23.7 Å². The summed E-state index contributed by atoms with van der Waals surface area (Å²) in [5.74, 6) is 1.26. The van der Waals surface area contributed by atoms with Crippen LogP contribution in [0.25, 0.3) is 0 Å². The molecule has 3 saturated heterocycles. The first-order valence-electron chi connectivity index (χ1n) is 8.82. The third-order valence-electron chi connectivity index (χ3n) is 5.98. The summed E-state index contributed by atoms with van der Waals surface area (Å²) in [4.78, 5) is 17.0. The van der Waals surface area contributed by atoms with E-state index in [-0.39, 0.29) is 11.5 Å². The van der Waals surface area contributed by atoms with Crippen molar-refractivity contribution in [2.24, 2.45) is 11.8 Å². The summed E-state index contributed by atoms with van der Waals surface area (Å²) in [6.07, 6.45) is 3.10. The van der Waals surface area contributed by atoms with Gasteiger partial charge in [0.25, 0.3) is 0 Å². The van der Waals surface area contributed by atoms with E-state index in [2.05, 4.69) is 19.0 Å². The van der Waals surface area contributed by atoms with Crippen molar-refractivity contribution in [1.29, 1.82) is 0 Å². The van der Waals surface area contributed by atoms with Crippen LogP contribution < -0.4 is 0 Å². The molecule has 0 saturated carbocycles. The largest absolute Gasteiger partial charge is 0.369 e. The number of amides is 1. The van der Waals surface area contributed by atoms with Gasteiger partial charge in [0.05, 0.1) is 24.7 Å². The lowest BCUT2D eigenvalue weighted by atomic mass is 9.73. The lowest BCUT2D eigenvalue weighted by Gasteiger charge is -2.30. The fourth-order valence-corrected chi connectivity index (χ4v) is 5.06. The number of fused-ring (bicyclic) bond motifs is 1. The van der Waals surface area contributed by atoms with E-state index in [1.165, 1.54) is 0 Å². The highest BCUT2D eigenvalue weighted by Crippen LogP contribution is 2.54. The molecule has 1 aromatic carbocycles. The van der Waals surface area contributed by atoms with Gasteiger partial charge in [0, 0.05) is 29.9 Å². The second-order valence-corrected chi connectivity index (χ2v) is 8.31. The molecule has 0 aromatic heterocycles. The van der Waals surface area contributed by atoms with Gasteiger partial charge in [-0.25, -0.2) is 0 Å². The van der Waals surface area contributed by atoms with E-state index in [4.69, 9.17) is 16.3 Å². The van der Waals surface area contributed by atoms with E-state index < -0.39 is 0 Å². The molecule has 5 heteroatoms. The topological polar surface area (TPSA) is 32.8 Å². The fourth-order valence-electron chi connectivity index (χ4n) is 4.93. The van der Waals surface area contributed by atoms with Crippen LogP contribution in [0.15, 0.2) is 24.3 Å². The lowest BCUT2D eigenvalue weighted by molar-refractivity contribution is -0.131. The number of carbonyl (C=O) groups is 1. The van der Waals surface area contributed by atoms with Crippen molar-refractivity contribution in [2.45, 2.75) is 31.0 Å². The normalized spacial score (nSPS) is 34.2. The summed E-state index contributed by atoms with van der Waals surface area (Å²) in [5, 5.41) is 0.706. The van der Waals surface area contributed by atoms with E-state index in [1.54, 1.807) is 0 Å². The van der Waals surface area contributed by atoms with E-state index in [0.29, 0.717) is 29.4 Å². The van der Waals surface area contributed by atoms with Gasteiger partial charge >= 0.3 is 0 Å². The number of benzene rings is 1. The first-order valence-corrected chi connectivity index (χ1v) is 9.19. The Labute approximate surface area is 148 Å². The van der Waals surface area contributed by atoms with Crippen LogP contribution in [-0.4, -0.2) is 61.1 Å². The molecular formula is C19H25ClN2O2. The molecule has 2 bridgehead atoms. The zero-order valence-electron chi connectivity index (χ0n) is 14.4. The molecule has 3 fully saturated rings. The van der Waals surface area contributed by atoms with Crippen molar-refractivity contribution in [2.75, 3.05) is 33.7 Å². The zero-order valence-corrected chi connectivity index (χ0v) is 15.1. The number of carbonyl (C=O) groups excluding carboxylic acids is 1. The summed E-state index contributed by atoms with van der Waals surface area (Å²) < 4.78 is 6.41. The van der Waals surface area contributed by atoms with E-state index in [9.17, 15) is 4.79 Å². The Hall–Kier alpha value is -1.10. The van der Waals surface area contributed by atoms with Gasteiger partial charge in [0.2, 0.25) is 5.91 Å². The highest BCUT2D eigenvalue weighted by atomic mass is 35.5. The van der Waals surface area contributed by atoms with Crippen LogP contribution in [0.2, 0.25) is 5.02 Å². The zero-order chi connectivity index (χ0) is 16.9. The Morgan fingerprint density at radius 1 is 1.38 bits per heavy atom. The Bertz CT molecular complexity index is 633. The maximum atomic E-state index is 12.8. The van der Waals surface area contributed by atoms with E-state index in [0.717, 1.165) is 38.0 Å². The van der Waals surface area contributed by atoms with Crippen LogP contribution in [0.4, 0.5) is 0 Å². The number of likely N-dealkylation sites (tertiary alicyclic amines) is 1. The number of hydrogen-bond acceptors (Lipinski definition) is 3. The van der Waals surface area contributed by atoms with Crippen molar-refractivity contribution in [3.05, 3.63) is 34.9 Å². The molecule has 130 valence electrons. The summed E-state index contributed by atoms with van der Waals surface area (Å²) in [5.41, 5.74) is 0.954. The van der Waals surface area contributed by atoms with Crippen LogP contribution in [0.3, 0.4) is 0 Å². The molecule has 3 aliphatic rings. The van der Waals surface area contributed by atoms with Gasteiger partial charge in [-0.2, -0.15) is 0 Å². The third kappa shape index (κ3) is 2.75. The molecule has 1 spiro atoms. The Balaban J connectivity index is 1.45. The molecule has 1 amide bonds. The van der Waals surface area contributed by atoms with Gasteiger partial charge in [0.15, 0.2) is 0 Å². The van der Waals surface area contributed by atoms with Crippen molar-refractivity contribution < 1.29 is 9.53 Å². The first kappa shape index (κ1) is 16.4. The molecule has 4 nitrogen and oxygen atoms in total. The van der Waals surface area contributed by atoms with Crippen LogP contribution in [-0.2, 0) is 16.0 Å². The van der Waals surface area contributed by atoms with Gasteiger partial charge < -0.3 is 14.5 Å². The van der Waals surface area contributed by atoms with E-state index >= 15 is 0 Å². The highest BCUT2D eigenvalue weighted by Gasteiger charge is 2.63. The van der Waals surface area contributed by atoms with Gasteiger partial charge in [0.1, 0.15) is 0 Å². The number of halogens is 1. The van der Waals surface area contributed by atoms with Gasteiger partial charge in [-0.3, -0.25) is 4.79 Å². The SMILES string of the molecule is CN(C)C[C@H]1[C@H]2CN(C(=O)Cc3ccc(Cl)cc3)C[C@]23CC[C@H]1O3. The maximum Gasteiger partial charge on any atom is 0.227 e. The molecule has 0 radical (unpaired) electrons. The summed E-state index contributed by atoms with van der Waals surface area (Å²) >= 11 is 5.92. The quantitative estimate of drug-likeness (QED) is 0.838. The fraction of sp³-hybridized carbons (Fsp3) is 0.632. The summed E-state index contributed by atoms with van der Waals surface area (Å²) in [6, 6.07) is 7.57. The second kappa shape index (κ2) is 6.01. The molecule has 24 heavy (non-hydrogen) atoms. The monoisotopic (exact) mass is 348 g/mol. The smallest absolute Gasteiger partial charge is 0.227 e. The first-order chi connectivity index (χ1) is 11.5. The van der Waals surface area contributed by atoms with Crippen LogP contribution in [0.1, 0.15) is 18.4 Å². The van der Waals surface area contributed by atoms with Crippen molar-refractivity contribution >= 4 is 17.5 Å². The minimum absolute atomic E-state index is 0.0685. The minimum Gasteiger partial charge on any atom is -0.369 e. The summed E-state index contributed by atoms with van der Waals surface area (Å²) in [6.45, 7) is 2.67. The minimum atomic E-state index is -0.0685. The standard InChI is InChI=1S/C19H25ClN2O2/c1-21(2)10-15-16-11-22(12-19(16)8-7-17(15)24-19)18(23)9-13-3-5-14(20)6-4-13/h3-6,15-17H,7-12H2,1-2H3/t15-,16+,17+,19+/m0/s1. The van der Waals surface area contributed by atoms with Crippen molar-refractivity contribution in [1.82, 2.24) is 9.80 Å². The second-order valence-electron chi connectivity index (χ2n) is 7.87. The van der Waals surface area contributed by atoms with Crippen LogP contribution >= 0.6 is 11.6 Å². The lowest BCUT2D eigenvalue weighted by Crippen LogP contribution is -2.40. The molecule has 0 N–H and O–H groups in total. The molecule has 4 atom stereocenters. The predicted octanol–water partition coefficient (Wildman–Crippen LogP) is 2.45. The van der Waals surface area contributed by atoms with Gasteiger partial charge in [-0.05, 0) is 44.6 Å². The third-order valence-corrected chi connectivity index (χ3v) is 6.23. The average molecular weight is 349 g/mol. The number of ether oxygens (including phenoxy) is 1. The maximum absolute atomic E-state index is 12.8. The van der Waals surface area contributed by atoms with Crippen LogP contribution in [0.5, 0.6) is 0 Å². The molecule has 3 aliphatic heterocycles. The Morgan fingerprint density at radius 2 is 2.12 bits per heavy atom. The average Bonchev–Trinajstić information content (AvgIpc) is 3.19. The highest BCUT2D eigenvalue weighted by molar-refractivity contribution is 6.30. The van der Waals surface area contributed by atoms with Crippen molar-refractivity contribution in [3.8, 4) is 0 Å². The summed E-state index contributed by atoms with van der Waals surface area (Å²) in [7, 11) is 4.24. The molecule has 0 aliphatic carbocycles. The number of nitrogens with zero attached hydrogens (tertiary/aromatic N) is 2. The van der Waals surface area contributed by atoms with E-state index in [1.807, 2.05) is 29.2 Å².